The van der Waals surface area contributed by atoms with Gasteiger partial charge in [0.15, 0.2) is 0 Å². The summed E-state index contributed by atoms with van der Waals surface area (Å²) >= 11 is 0. The number of piperidine rings is 1. The summed E-state index contributed by atoms with van der Waals surface area (Å²) in [6.45, 7) is 5.43. The zero-order valence-electron chi connectivity index (χ0n) is 14.0. The summed E-state index contributed by atoms with van der Waals surface area (Å²) in [6.07, 6.45) is 5.43. The molecule has 0 bridgehead atoms. The Labute approximate surface area is 138 Å². The van der Waals surface area contributed by atoms with Crippen LogP contribution in [0.25, 0.3) is 0 Å². The number of rotatable bonds is 6. The molecule has 0 radical (unpaired) electrons. The first kappa shape index (κ1) is 16.4. The number of amides is 1. The van der Waals surface area contributed by atoms with E-state index in [0.29, 0.717) is 12.6 Å². The van der Waals surface area contributed by atoms with Crippen LogP contribution in [0.5, 0.6) is 0 Å². The molecule has 0 atom stereocenters. The Kier molecular flexibility index (Phi) is 5.31. The lowest BCUT2D eigenvalue weighted by atomic mass is 9.99. The quantitative estimate of drug-likeness (QED) is 0.805. The molecule has 1 saturated heterocycles. The van der Waals surface area contributed by atoms with Gasteiger partial charge in [0.25, 0.3) is 0 Å². The van der Waals surface area contributed by atoms with E-state index < -0.39 is 0 Å². The third-order valence-electron chi connectivity index (χ3n) is 5.11. The van der Waals surface area contributed by atoms with Gasteiger partial charge in [0.2, 0.25) is 5.91 Å². The number of carbonyl (C=O) groups excluding carboxylic acids is 1. The molecule has 3 rings (SSSR count). The molecule has 126 valence electrons. The van der Waals surface area contributed by atoms with E-state index in [-0.39, 0.29) is 11.7 Å². The molecule has 1 saturated carbocycles. The van der Waals surface area contributed by atoms with Crippen molar-refractivity contribution in [2.45, 2.75) is 45.1 Å². The first-order valence-corrected chi connectivity index (χ1v) is 8.88. The van der Waals surface area contributed by atoms with Crippen molar-refractivity contribution in [3.05, 3.63) is 35.6 Å². The van der Waals surface area contributed by atoms with Gasteiger partial charge in [-0.05, 0) is 55.7 Å². The van der Waals surface area contributed by atoms with E-state index in [9.17, 15) is 9.18 Å². The van der Waals surface area contributed by atoms with Gasteiger partial charge in [-0.1, -0.05) is 19.1 Å². The summed E-state index contributed by atoms with van der Waals surface area (Å²) in [7, 11) is 0. The fourth-order valence-electron chi connectivity index (χ4n) is 3.33. The molecule has 1 aromatic rings. The average Bonchev–Trinajstić information content (AvgIpc) is 3.37. The fourth-order valence-corrected chi connectivity index (χ4v) is 3.33. The van der Waals surface area contributed by atoms with Gasteiger partial charge in [0.1, 0.15) is 5.82 Å². The van der Waals surface area contributed by atoms with Crippen molar-refractivity contribution in [1.29, 1.82) is 0 Å². The topological polar surface area (TPSA) is 23.6 Å². The molecule has 0 N–H and O–H groups in total. The minimum Gasteiger partial charge on any atom is -0.342 e. The van der Waals surface area contributed by atoms with E-state index >= 15 is 0 Å². The third-order valence-corrected chi connectivity index (χ3v) is 5.11. The molecule has 23 heavy (non-hydrogen) atoms. The molecule has 1 aromatic carbocycles. The number of halogens is 1. The number of hydrogen-bond acceptors (Lipinski definition) is 2. The second-order valence-electron chi connectivity index (χ2n) is 7.14. The predicted octanol–water partition coefficient (Wildman–Crippen LogP) is 3.09. The first-order chi connectivity index (χ1) is 11.1. The number of nitrogens with zero attached hydrogens (tertiary/aromatic N) is 2. The summed E-state index contributed by atoms with van der Waals surface area (Å²) in [5.74, 6) is 0.827. The van der Waals surface area contributed by atoms with Crippen LogP contribution in [0.15, 0.2) is 24.3 Å². The lowest BCUT2D eigenvalue weighted by molar-refractivity contribution is -0.133. The maximum Gasteiger partial charge on any atom is 0.236 e. The second kappa shape index (κ2) is 7.43. The molecule has 0 aromatic heterocycles. The van der Waals surface area contributed by atoms with Gasteiger partial charge < -0.3 is 4.90 Å². The Balaban J connectivity index is 1.51. The molecule has 3 nitrogen and oxygen atoms in total. The van der Waals surface area contributed by atoms with Gasteiger partial charge in [0.05, 0.1) is 6.54 Å². The Morgan fingerprint density at radius 1 is 1.26 bits per heavy atom. The van der Waals surface area contributed by atoms with Crippen LogP contribution < -0.4 is 0 Å². The van der Waals surface area contributed by atoms with E-state index in [2.05, 4.69) is 11.8 Å². The smallest absolute Gasteiger partial charge is 0.236 e. The molecule has 1 aliphatic heterocycles. The molecule has 4 heteroatoms. The zero-order chi connectivity index (χ0) is 16.2. The fraction of sp³-hybridized carbons (Fsp3) is 0.632. The summed E-state index contributed by atoms with van der Waals surface area (Å²) in [4.78, 5) is 16.9. The van der Waals surface area contributed by atoms with E-state index in [1.807, 2.05) is 11.0 Å². The van der Waals surface area contributed by atoms with Crippen molar-refractivity contribution in [3.8, 4) is 0 Å². The van der Waals surface area contributed by atoms with Crippen LogP contribution in [0.3, 0.4) is 0 Å². The molecule has 2 fully saturated rings. The Bertz CT molecular complexity index is 536. The largest absolute Gasteiger partial charge is 0.342 e. The van der Waals surface area contributed by atoms with Crippen LogP contribution in [-0.4, -0.2) is 47.9 Å². The zero-order valence-corrected chi connectivity index (χ0v) is 14.0. The van der Waals surface area contributed by atoms with Crippen LogP contribution in [0.1, 0.15) is 38.2 Å². The van der Waals surface area contributed by atoms with Crippen LogP contribution >= 0.6 is 0 Å². The number of benzene rings is 1. The minimum atomic E-state index is -0.181. The van der Waals surface area contributed by atoms with Gasteiger partial charge in [0, 0.05) is 25.7 Å². The molecule has 1 amide bonds. The SMILES string of the molecule is CC1CCN(C(=O)CN(CCc2cccc(F)c2)C2CC2)CC1. The van der Waals surface area contributed by atoms with Crippen molar-refractivity contribution in [3.63, 3.8) is 0 Å². The van der Waals surface area contributed by atoms with Crippen LogP contribution in [0, 0.1) is 11.7 Å². The van der Waals surface area contributed by atoms with Gasteiger partial charge in [-0.15, -0.1) is 0 Å². The minimum absolute atomic E-state index is 0.181. The summed E-state index contributed by atoms with van der Waals surface area (Å²) in [5.41, 5.74) is 1.01. The van der Waals surface area contributed by atoms with Gasteiger partial charge in [-0.2, -0.15) is 0 Å². The third kappa shape index (κ3) is 4.77. The van der Waals surface area contributed by atoms with Gasteiger partial charge in [-0.3, -0.25) is 9.69 Å². The highest BCUT2D eigenvalue weighted by atomic mass is 19.1. The predicted molar refractivity (Wildman–Crippen MR) is 89.7 cm³/mol. The summed E-state index contributed by atoms with van der Waals surface area (Å²) < 4.78 is 13.3. The lowest BCUT2D eigenvalue weighted by Gasteiger charge is -2.32. The van der Waals surface area contributed by atoms with Crippen LogP contribution in [0.2, 0.25) is 0 Å². The van der Waals surface area contributed by atoms with Crippen LogP contribution in [0.4, 0.5) is 4.39 Å². The van der Waals surface area contributed by atoms with E-state index in [1.165, 1.54) is 18.9 Å². The molecular formula is C19H27FN2O. The molecule has 2 aliphatic rings. The second-order valence-corrected chi connectivity index (χ2v) is 7.14. The lowest BCUT2D eigenvalue weighted by Crippen LogP contribution is -2.45. The molecular weight excluding hydrogens is 291 g/mol. The highest BCUT2D eigenvalue weighted by molar-refractivity contribution is 5.78. The molecule has 1 heterocycles. The Morgan fingerprint density at radius 2 is 2.00 bits per heavy atom. The monoisotopic (exact) mass is 318 g/mol. The Hall–Kier alpha value is -1.42. The highest BCUT2D eigenvalue weighted by Crippen LogP contribution is 2.27. The normalized spacial score (nSPS) is 19.3. The van der Waals surface area contributed by atoms with Crippen molar-refractivity contribution in [2.24, 2.45) is 5.92 Å². The van der Waals surface area contributed by atoms with Gasteiger partial charge in [-0.25, -0.2) is 4.39 Å². The Morgan fingerprint density at radius 3 is 2.65 bits per heavy atom. The van der Waals surface area contributed by atoms with Crippen molar-refractivity contribution in [2.75, 3.05) is 26.2 Å². The number of likely N-dealkylation sites (tertiary alicyclic amines) is 1. The van der Waals surface area contributed by atoms with E-state index in [4.69, 9.17) is 0 Å². The van der Waals surface area contributed by atoms with Crippen LogP contribution in [-0.2, 0) is 11.2 Å². The van der Waals surface area contributed by atoms with Crippen molar-refractivity contribution >= 4 is 5.91 Å². The maximum absolute atomic E-state index is 13.3. The summed E-state index contributed by atoms with van der Waals surface area (Å²) in [6, 6.07) is 7.34. The number of carbonyl (C=O) groups is 1. The van der Waals surface area contributed by atoms with Crippen molar-refractivity contribution in [1.82, 2.24) is 9.80 Å². The summed E-state index contributed by atoms with van der Waals surface area (Å²) in [5, 5.41) is 0. The molecule has 0 spiro atoms. The number of hydrogen-bond donors (Lipinski definition) is 0. The maximum atomic E-state index is 13.3. The van der Waals surface area contributed by atoms with Gasteiger partial charge >= 0.3 is 0 Å². The van der Waals surface area contributed by atoms with E-state index in [1.54, 1.807) is 12.1 Å². The highest BCUT2D eigenvalue weighted by Gasteiger charge is 2.31. The molecule has 0 unspecified atom stereocenters. The van der Waals surface area contributed by atoms with Crippen molar-refractivity contribution < 1.29 is 9.18 Å². The molecule has 1 aliphatic carbocycles. The first-order valence-electron chi connectivity index (χ1n) is 8.88. The standard InChI is InChI=1S/C19H27FN2O/c1-15-7-10-21(11-8-15)19(23)14-22(18-5-6-18)12-9-16-3-2-4-17(20)13-16/h2-4,13,15,18H,5-12,14H2,1H3. The van der Waals surface area contributed by atoms with E-state index in [0.717, 1.165) is 50.4 Å². The average molecular weight is 318 g/mol.